The lowest BCUT2D eigenvalue weighted by Crippen LogP contribution is -1.77. The van der Waals surface area contributed by atoms with Crippen LogP contribution in [-0.4, -0.2) is 9.55 Å². The Morgan fingerprint density at radius 1 is 1.88 bits per heavy atom. The van der Waals surface area contributed by atoms with Crippen LogP contribution < -0.4 is 0 Å². The second-order valence-corrected chi connectivity index (χ2v) is 2.43. The average Bonchev–Trinajstić information content (AvgIpc) is 2.14. The molecule has 2 nitrogen and oxygen atoms in total. The maximum atomic E-state index is 4.09. The molecule has 0 fully saturated rings. The Morgan fingerprint density at radius 3 is 2.88 bits per heavy atom. The fourth-order valence-electron chi connectivity index (χ4n) is 0.536. The van der Waals surface area contributed by atoms with Crippen molar-refractivity contribution < 1.29 is 0 Å². The molecule has 0 saturated heterocycles. The third kappa shape index (κ3) is 1.21. The number of aromatic nitrogens is 2. The van der Waals surface area contributed by atoms with Crippen LogP contribution in [0.3, 0.4) is 0 Å². The number of imidazole rings is 1. The predicted molar refractivity (Wildman–Crippen MR) is 40.9 cm³/mol. The van der Waals surface area contributed by atoms with Crippen molar-refractivity contribution >= 4 is 22.6 Å². The van der Waals surface area contributed by atoms with Gasteiger partial charge in [0.15, 0.2) is 0 Å². The highest BCUT2D eigenvalue weighted by atomic mass is 127. The summed E-state index contributed by atoms with van der Waals surface area (Å²) in [5, 5.41) is 0. The quantitative estimate of drug-likeness (QED) is 0.518. The Hall–Kier alpha value is -0.0600. The van der Waals surface area contributed by atoms with E-state index in [1.54, 1.807) is 0 Å². The monoisotopic (exact) mass is 222 g/mol. The molecule has 44 valence electrons. The first-order valence-corrected chi connectivity index (χ1v) is 3.88. The second kappa shape index (κ2) is 2.48. The Bertz CT molecular complexity index is 171. The van der Waals surface area contributed by atoms with Crippen molar-refractivity contribution in [3.05, 3.63) is 18.2 Å². The van der Waals surface area contributed by atoms with Crippen LogP contribution in [-0.2, 0) is 11.5 Å². The summed E-state index contributed by atoms with van der Waals surface area (Å²) in [6.45, 7) is 0. The van der Waals surface area contributed by atoms with E-state index in [0.717, 1.165) is 10.1 Å². The average molecular weight is 222 g/mol. The number of hydrogen-bond acceptors (Lipinski definition) is 1. The van der Waals surface area contributed by atoms with Gasteiger partial charge in [-0.15, -0.1) is 0 Å². The standard InChI is InChI=1S/C5H7IN2/c1-8-3-5(2-6)7-4-8/h3-4H,2H2,1H3. The summed E-state index contributed by atoms with van der Waals surface area (Å²) in [5.41, 5.74) is 1.15. The molecule has 0 saturated carbocycles. The van der Waals surface area contributed by atoms with Crippen molar-refractivity contribution in [2.24, 2.45) is 7.05 Å². The Kier molecular flexibility index (Phi) is 1.88. The number of nitrogens with zero attached hydrogens (tertiary/aromatic N) is 2. The van der Waals surface area contributed by atoms with E-state index in [-0.39, 0.29) is 0 Å². The van der Waals surface area contributed by atoms with Gasteiger partial charge in [0.1, 0.15) is 0 Å². The molecule has 1 heterocycles. The third-order valence-electron chi connectivity index (χ3n) is 0.895. The third-order valence-corrected chi connectivity index (χ3v) is 1.68. The van der Waals surface area contributed by atoms with Gasteiger partial charge in [-0.05, 0) is 0 Å². The van der Waals surface area contributed by atoms with Gasteiger partial charge < -0.3 is 4.57 Å². The maximum Gasteiger partial charge on any atom is 0.0947 e. The summed E-state index contributed by atoms with van der Waals surface area (Å²) < 4.78 is 2.95. The summed E-state index contributed by atoms with van der Waals surface area (Å²) in [4.78, 5) is 4.09. The molecule has 0 bridgehead atoms. The molecule has 0 amide bonds. The van der Waals surface area contributed by atoms with Crippen LogP contribution in [0.1, 0.15) is 5.69 Å². The van der Waals surface area contributed by atoms with Gasteiger partial charge in [0.05, 0.1) is 12.0 Å². The fraction of sp³-hybridized carbons (Fsp3) is 0.400. The molecule has 0 N–H and O–H groups in total. The first-order chi connectivity index (χ1) is 3.83. The fourth-order valence-corrected chi connectivity index (χ4v) is 0.930. The van der Waals surface area contributed by atoms with E-state index >= 15 is 0 Å². The zero-order valence-electron chi connectivity index (χ0n) is 4.63. The summed E-state index contributed by atoms with van der Waals surface area (Å²) in [6, 6.07) is 0. The number of halogens is 1. The van der Waals surface area contributed by atoms with Gasteiger partial charge in [-0.3, -0.25) is 0 Å². The SMILES string of the molecule is Cn1cnc(CI)c1. The van der Waals surface area contributed by atoms with Crippen LogP contribution in [0.15, 0.2) is 12.5 Å². The van der Waals surface area contributed by atoms with E-state index < -0.39 is 0 Å². The highest BCUT2D eigenvalue weighted by Gasteiger charge is 1.89. The van der Waals surface area contributed by atoms with Crippen molar-refractivity contribution in [1.29, 1.82) is 0 Å². The summed E-state index contributed by atoms with van der Waals surface area (Å²) in [6.07, 6.45) is 3.83. The predicted octanol–water partition coefficient (Wildman–Crippen LogP) is 1.36. The molecule has 1 aromatic heterocycles. The minimum atomic E-state index is 0.999. The molecule has 1 rings (SSSR count). The van der Waals surface area contributed by atoms with E-state index in [9.17, 15) is 0 Å². The molecule has 0 aliphatic rings. The van der Waals surface area contributed by atoms with E-state index in [1.165, 1.54) is 0 Å². The molecule has 0 spiro atoms. The minimum Gasteiger partial charge on any atom is -0.340 e. The first-order valence-electron chi connectivity index (χ1n) is 2.35. The summed E-state index contributed by atoms with van der Waals surface area (Å²) in [5.74, 6) is 0. The van der Waals surface area contributed by atoms with Crippen molar-refractivity contribution in [3.63, 3.8) is 0 Å². The van der Waals surface area contributed by atoms with Crippen molar-refractivity contribution in [2.45, 2.75) is 4.43 Å². The minimum absolute atomic E-state index is 0.999. The molecule has 1 aromatic rings. The molecule has 8 heavy (non-hydrogen) atoms. The van der Waals surface area contributed by atoms with Gasteiger partial charge in [-0.1, -0.05) is 22.6 Å². The van der Waals surface area contributed by atoms with Crippen LogP contribution in [0.5, 0.6) is 0 Å². The summed E-state index contributed by atoms with van der Waals surface area (Å²) in [7, 11) is 1.98. The van der Waals surface area contributed by atoms with Crippen LogP contribution in [0.4, 0.5) is 0 Å². The number of rotatable bonds is 1. The zero-order valence-corrected chi connectivity index (χ0v) is 6.79. The van der Waals surface area contributed by atoms with Gasteiger partial charge in [0, 0.05) is 17.7 Å². The zero-order chi connectivity index (χ0) is 5.98. The van der Waals surface area contributed by atoms with Crippen LogP contribution >= 0.6 is 22.6 Å². The number of hydrogen-bond donors (Lipinski definition) is 0. The van der Waals surface area contributed by atoms with E-state index in [0.29, 0.717) is 0 Å². The van der Waals surface area contributed by atoms with Gasteiger partial charge in [-0.2, -0.15) is 0 Å². The topological polar surface area (TPSA) is 17.8 Å². The van der Waals surface area contributed by atoms with Gasteiger partial charge >= 0.3 is 0 Å². The molecule has 0 radical (unpaired) electrons. The maximum absolute atomic E-state index is 4.09. The Balaban J connectivity index is 2.84. The van der Waals surface area contributed by atoms with Crippen molar-refractivity contribution in [1.82, 2.24) is 9.55 Å². The van der Waals surface area contributed by atoms with E-state index in [2.05, 4.69) is 27.6 Å². The van der Waals surface area contributed by atoms with E-state index in [1.807, 2.05) is 24.1 Å². The van der Waals surface area contributed by atoms with Gasteiger partial charge in [-0.25, -0.2) is 4.98 Å². The summed E-state index contributed by atoms with van der Waals surface area (Å²) >= 11 is 2.29. The lowest BCUT2D eigenvalue weighted by Gasteiger charge is -1.80. The van der Waals surface area contributed by atoms with E-state index in [4.69, 9.17) is 0 Å². The van der Waals surface area contributed by atoms with Crippen LogP contribution in [0, 0.1) is 0 Å². The number of alkyl halides is 1. The van der Waals surface area contributed by atoms with Crippen molar-refractivity contribution in [2.75, 3.05) is 0 Å². The molecular weight excluding hydrogens is 215 g/mol. The van der Waals surface area contributed by atoms with Crippen LogP contribution in [0.25, 0.3) is 0 Å². The molecule has 0 aliphatic carbocycles. The first kappa shape index (κ1) is 6.07. The highest BCUT2D eigenvalue weighted by Crippen LogP contribution is 1.99. The smallest absolute Gasteiger partial charge is 0.0947 e. The van der Waals surface area contributed by atoms with Gasteiger partial charge in [0.25, 0.3) is 0 Å². The lowest BCUT2D eigenvalue weighted by atomic mass is 10.6. The molecule has 3 heteroatoms. The van der Waals surface area contributed by atoms with Crippen LogP contribution in [0.2, 0.25) is 0 Å². The lowest BCUT2D eigenvalue weighted by molar-refractivity contribution is 0.913. The Labute approximate surface area is 62.1 Å². The highest BCUT2D eigenvalue weighted by molar-refractivity contribution is 14.1. The molecular formula is C5H7IN2. The molecule has 0 aliphatic heterocycles. The van der Waals surface area contributed by atoms with Gasteiger partial charge in [0.2, 0.25) is 0 Å². The molecule has 0 aromatic carbocycles. The number of aryl methyl sites for hydroxylation is 1. The largest absolute Gasteiger partial charge is 0.340 e. The Morgan fingerprint density at radius 2 is 2.62 bits per heavy atom. The molecule has 0 atom stereocenters. The normalized spacial score (nSPS) is 9.75. The second-order valence-electron chi connectivity index (χ2n) is 1.66. The molecule has 0 unspecified atom stereocenters. The van der Waals surface area contributed by atoms with Crippen molar-refractivity contribution in [3.8, 4) is 0 Å².